The van der Waals surface area contributed by atoms with E-state index in [1.54, 1.807) is 0 Å². The highest BCUT2D eigenvalue weighted by Crippen LogP contribution is 2.28. The molecule has 2 nitrogen and oxygen atoms in total. The molecule has 0 saturated carbocycles. The van der Waals surface area contributed by atoms with Gasteiger partial charge in [0.15, 0.2) is 0 Å². The summed E-state index contributed by atoms with van der Waals surface area (Å²) in [5.41, 5.74) is 2.31. The summed E-state index contributed by atoms with van der Waals surface area (Å²) in [7, 11) is 0. The van der Waals surface area contributed by atoms with E-state index in [9.17, 15) is 4.79 Å². The highest BCUT2D eigenvalue weighted by Gasteiger charge is 2.27. The lowest BCUT2D eigenvalue weighted by molar-refractivity contribution is -0.128. The van der Waals surface area contributed by atoms with Crippen molar-refractivity contribution in [1.29, 1.82) is 0 Å². The molecule has 0 radical (unpaired) electrons. The number of halogens is 1. The van der Waals surface area contributed by atoms with Crippen molar-refractivity contribution < 1.29 is 4.79 Å². The maximum absolute atomic E-state index is 10.7. The molecule has 2 rings (SSSR count). The van der Waals surface area contributed by atoms with Gasteiger partial charge in [0.25, 0.3) is 0 Å². The standard InChI is InChI=1S/C10H10ClNO/c1-6-4-7(11)2-3-8(6)9-5-10(13)12-9/h2-4,9H,5H2,1H3,(H,12,13). The first-order valence-electron chi connectivity index (χ1n) is 4.22. The van der Waals surface area contributed by atoms with Crippen LogP contribution in [0.15, 0.2) is 18.2 Å². The third-order valence-electron chi connectivity index (χ3n) is 2.33. The summed E-state index contributed by atoms with van der Waals surface area (Å²) in [6.45, 7) is 2.01. The van der Waals surface area contributed by atoms with E-state index in [0.717, 1.165) is 10.6 Å². The molecule has 1 amide bonds. The maximum Gasteiger partial charge on any atom is 0.222 e. The molecule has 1 unspecified atom stereocenters. The summed E-state index contributed by atoms with van der Waals surface area (Å²) < 4.78 is 0. The minimum Gasteiger partial charge on any atom is -0.349 e. The third kappa shape index (κ3) is 1.54. The summed E-state index contributed by atoms with van der Waals surface area (Å²) >= 11 is 5.82. The Bertz CT molecular complexity index is 354. The molecule has 3 heteroatoms. The molecule has 1 fully saturated rings. The lowest BCUT2D eigenvalue weighted by Crippen LogP contribution is -2.41. The van der Waals surface area contributed by atoms with Crippen molar-refractivity contribution in [3.63, 3.8) is 0 Å². The molecule has 1 aromatic carbocycles. The number of amides is 1. The zero-order valence-electron chi connectivity index (χ0n) is 7.30. The van der Waals surface area contributed by atoms with Crippen molar-refractivity contribution in [2.24, 2.45) is 0 Å². The smallest absolute Gasteiger partial charge is 0.222 e. The van der Waals surface area contributed by atoms with Crippen molar-refractivity contribution in [2.75, 3.05) is 0 Å². The van der Waals surface area contributed by atoms with E-state index in [1.165, 1.54) is 5.56 Å². The number of aryl methyl sites for hydroxylation is 1. The number of hydrogen-bond donors (Lipinski definition) is 1. The zero-order valence-corrected chi connectivity index (χ0v) is 8.06. The molecule has 1 atom stereocenters. The van der Waals surface area contributed by atoms with Crippen molar-refractivity contribution in [3.05, 3.63) is 34.3 Å². The maximum atomic E-state index is 10.7. The predicted molar refractivity (Wildman–Crippen MR) is 51.7 cm³/mol. The first kappa shape index (κ1) is 8.57. The molecule has 13 heavy (non-hydrogen) atoms. The minimum absolute atomic E-state index is 0.124. The van der Waals surface area contributed by atoms with Gasteiger partial charge >= 0.3 is 0 Å². The first-order chi connectivity index (χ1) is 6.16. The van der Waals surface area contributed by atoms with E-state index in [4.69, 9.17) is 11.6 Å². The Balaban J connectivity index is 2.26. The summed E-state index contributed by atoms with van der Waals surface area (Å²) in [6.07, 6.45) is 0.600. The second-order valence-electron chi connectivity index (χ2n) is 3.33. The Labute approximate surface area is 81.9 Å². The van der Waals surface area contributed by atoms with Gasteiger partial charge in [-0.15, -0.1) is 0 Å². The van der Waals surface area contributed by atoms with Crippen LogP contribution in [-0.4, -0.2) is 5.91 Å². The number of hydrogen-bond acceptors (Lipinski definition) is 1. The topological polar surface area (TPSA) is 29.1 Å². The molecule has 1 heterocycles. The number of β-lactam (4-membered cyclic amide) rings is 1. The van der Waals surface area contributed by atoms with Crippen molar-refractivity contribution >= 4 is 17.5 Å². The number of nitrogens with one attached hydrogen (secondary N) is 1. The molecule has 1 N–H and O–H groups in total. The fourth-order valence-electron chi connectivity index (χ4n) is 1.58. The van der Waals surface area contributed by atoms with Gasteiger partial charge in [-0.3, -0.25) is 4.79 Å². The fraction of sp³-hybridized carbons (Fsp3) is 0.300. The molecule has 0 bridgehead atoms. The Morgan fingerprint density at radius 2 is 2.23 bits per heavy atom. The Hall–Kier alpha value is -1.02. The normalized spacial score (nSPS) is 20.8. The van der Waals surface area contributed by atoms with Gasteiger partial charge < -0.3 is 5.32 Å². The summed E-state index contributed by atoms with van der Waals surface area (Å²) in [4.78, 5) is 10.7. The minimum atomic E-state index is 0.124. The van der Waals surface area contributed by atoms with E-state index in [0.29, 0.717) is 6.42 Å². The van der Waals surface area contributed by atoms with Gasteiger partial charge in [-0.1, -0.05) is 17.7 Å². The Morgan fingerprint density at radius 3 is 2.77 bits per heavy atom. The van der Waals surface area contributed by atoms with Crippen LogP contribution in [0.2, 0.25) is 5.02 Å². The van der Waals surface area contributed by atoms with Crippen LogP contribution in [-0.2, 0) is 4.79 Å². The molecule has 0 aliphatic carbocycles. The summed E-state index contributed by atoms with van der Waals surface area (Å²) in [5, 5.41) is 3.58. The van der Waals surface area contributed by atoms with E-state index in [2.05, 4.69) is 5.32 Å². The van der Waals surface area contributed by atoms with Crippen LogP contribution in [0, 0.1) is 6.92 Å². The summed E-state index contributed by atoms with van der Waals surface area (Å²) in [5.74, 6) is 0.124. The monoisotopic (exact) mass is 195 g/mol. The Kier molecular flexibility index (Phi) is 2.00. The lowest BCUT2D eigenvalue weighted by Gasteiger charge is -2.28. The number of carbonyl (C=O) groups is 1. The van der Waals surface area contributed by atoms with E-state index in [-0.39, 0.29) is 11.9 Å². The van der Waals surface area contributed by atoms with Crippen LogP contribution >= 0.6 is 11.6 Å². The zero-order chi connectivity index (χ0) is 9.42. The van der Waals surface area contributed by atoms with Gasteiger partial charge in [0.1, 0.15) is 0 Å². The second kappa shape index (κ2) is 3.04. The quantitative estimate of drug-likeness (QED) is 0.684. The van der Waals surface area contributed by atoms with Crippen molar-refractivity contribution in [1.82, 2.24) is 5.32 Å². The van der Waals surface area contributed by atoms with Gasteiger partial charge in [0.2, 0.25) is 5.91 Å². The van der Waals surface area contributed by atoms with Gasteiger partial charge in [0.05, 0.1) is 12.5 Å². The predicted octanol–water partition coefficient (Wildman–Crippen LogP) is 2.21. The molecular formula is C10H10ClNO. The SMILES string of the molecule is Cc1cc(Cl)ccc1C1CC(=O)N1. The molecule has 1 aliphatic rings. The van der Waals surface area contributed by atoms with E-state index < -0.39 is 0 Å². The van der Waals surface area contributed by atoms with Crippen LogP contribution < -0.4 is 5.32 Å². The molecular weight excluding hydrogens is 186 g/mol. The van der Waals surface area contributed by atoms with E-state index >= 15 is 0 Å². The number of rotatable bonds is 1. The van der Waals surface area contributed by atoms with E-state index in [1.807, 2.05) is 25.1 Å². The third-order valence-corrected chi connectivity index (χ3v) is 2.57. The Morgan fingerprint density at radius 1 is 1.54 bits per heavy atom. The molecule has 1 aliphatic heterocycles. The number of carbonyl (C=O) groups excluding carboxylic acids is 1. The second-order valence-corrected chi connectivity index (χ2v) is 3.76. The van der Waals surface area contributed by atoms with Gasteiger partial charge in [-0.05, 0) is 30.2 Å². The summed E-state index contributed by atoms with van der Waals surface area (Å²) in [6, 6.07) is 5.95. The van der Waals surface area contributed by atoms with Crippen molar-refractivity contribution in [2.45, 2.75) is 19.4 Å². The molecule has 1 saturated heterocycles. The molecule has 68 valence electrons. The average Bonchev–Trinajstić information content (AvgIpc) is 2.00. The average molecular weight is 196 g/mol. The van der Waals surface area contributed by atoms with Crippen LogP contribution in [0.4, 0.5) is 0 Å². The molecule has 0 spiro atoms. The fourth-order valence-corrected chi connectivity index (χ4v) is 1.80. The highest BCUT2D eigenvalue weighted by atomic mass is 35.5. The van der Waals surface area contributed by atoms with Gasteiger partial charge in [0, 0.05) is 5.02 Å². The van der Waals surface area contributed by atoms with Crippen LogP contribution in [0.25, 0.3) is 0 Å². The first-order valence-corrected chi connectivity index (χ1v) is 4.60. The number of benzene rings is 1. The molecule has 1 aromatic rings. The van der Waals surface area contributed by atoms with Crippen LogP contribution in [0.1, 0.15) is 23.6 Å². The van der Waals surface area contributed by atoms with Crippen LogP contribution in [0.3, 0.4) is 0 Å². The largest absolute Gasteiger partial charge is 0.349 e. The highest BCUT2D eigenvalue weighted by molar-refractivity contribution is 6.30. The van der Waals surface area contributed by atoms with Crippen LogP contribution in [0.5, 0.6) is 0 Å². The van der Waals surface area contributed by atoms with Gasteiger partial charge in [-0.2, -0.15) is 0 Å². The molecule has 0 aromatic heterocycles. The van der Waals surface area contributed by atoms with Crippen molar-refractivity contribution in [3.8, 4) is 0 Å². The lowest BCUT2D eigenvalue weighted by atomic mass is 9.94. The van der Waals surface area contributed by atoms with Gasteiger partial charge in [-0.25, -0.2) is 0 Å².